The van der Waals surface area contributed by atoms with Gasteiger partial charge < -0.3 is 4.52 Å². The molecule has 0 N–H and O–H groups in total. The molecule has 0 spiro atoms. The minimum Gasteiger partial charge on any atom is -0.339 e. The maximum absolute atomic E-state index is 11.6. The molecule has 2 atom stereocenters. The van der Waals surface area contributed by atoms with Gasteiger partial charge in [-0.15, -0.1) is 0 Å². The fourth-order valence-electron chi connectivity index (χ4n) is 1.91. The summed E-state index contributed by atoms with van der Waals surface area (Å²) in [5.41, 5.74) is 0. The Morgan fingerprint density at radius 1 is 1.42 bits per heavy atom. The fraction of sp³-hybridized carbons (Fsp3) is 0.833. The van der Waals surface area contributed by atoms with Crippen LogP contribution >= 0.6 is 0 Å². The number of aromatic nitrogens is 2. The van der Waals surface area contributed by atoms with E-state index in [1.807, 2.05) is 18.9 Å². The van der Waals surface area contributed by atoms with Crippen LogP contribution in [0.2, 0.25) is 0 Å². The van der Waals surface area contributed by atoms with Gasteiger partial charge in [-0.3, -0.25) is 4.90 Å². The van der Waals surface area contributed by atoms with Crippen molar-refractivity contribution in [3.63, 3.8) is 0 Å². The molecule has 6 nitrogen and oxygen atoms in total. The molecule has 2 rings (SSSR count). The summed E-state index contributed by atoms with van der Waals surface area (Å²) in [4.78, 5) is 6.28. The normalized spacial score (nSPS) is 19.6. The van der Waals surface area contributed by atoms with Gasteiger partial charge in [-0.2, -0.15) is 4.98 Å². The van der Waals surface area contributed by atoms with E-state index in [0.29, 0.717) is 24.2 Å². The first-order chi connectivity index (χ1) is 8.79. The molecule has 0 aromatic carbocycles. The lowest BCUT2D eigenvalue weighted by Crippen LogP contribution is -2.41. The van der Waals surface area contributed by atoms with Gasteiger partial charge in [-0.05, 0) is 33.7 Å². The Labute approximate surface area is 114 Å². The minimum atomic E-state index is -3.04. The average Bonchev–Trinajstić information content (AvgIpc) is 3.07. The monoisotopic (exact) mass is 287 g/mol. The molecule has 1 aromatic heterocycles. The number of sulfone groups is 1. The molecule has 1 saturated carbocycles. The van der Waals surface area contributed by atoms with Gasteiger partial charge in [0.05, 0.1) is 11.8 Å². The summed E-state index contributed by atoms with van der Waals surface area (Å²) in [5.74, 6) is 1.78. The summed E-state index contributed by atoms with van der Waals surface area (Å²) in [7, 11) is -1.17. The van der Waals surface area contributed by atoms with E-state index in [0.717, 1.165) is 12.8 Å². The highest BCUT2D eigenvalue weighted by molar-refractivity contribution is 7.91. The quantitative estimate of drug-likeness (QED) is 0.782. The molecule has 0 radical (unpaired) electrons. The van der Waals surface area contributed by atoms with Crippen molar-refractivity contribution >= 4 is 9.84 Å². The Kier molecular flexibility index (Phi) is 3.96. The zero-order valence-corrected chi connectivity index (χ0v) is 12.6. The zero-order chi connectivity index (χ0) is 14.2. The highest BCUT2D eigenvalue weighted by atomic mass is 32.2. The Morgan fingerprint density at radius 3 is 2.58 bits per heavy atom. The van der Waals surface area contributed by atoms with Gasteiger partial charge in [0.15, 0.2) is 15.7 Å². The van der Waals surface area contributed by atoms with E-state index in [1.54, 1.807) is 6.92 Å². The molecule has 19 heavy (non-hydrogen) atoms. The first-order valence-electron chi connectivity index (χ1n) is 6.50. The van der Waals surface area contributed by atoms with Crippen LogP contribution in [-0.4, -0.2) is 48.1 Å². The summed E-state index contributed by atoms with van der Waals surface area (Å²) in [6.07, 6.45) is 3.51. The Morgan fingerprint density at radius 2 is 2.05 bits per heavy atom. The van der Waals surface area contributed by atoms with Gasteiger partial charge in [-0.25, -0.2) is 8.42 Å². The van der Waals surface area contributed by atoms with Crippen LogP contribution in [0.3, 0.4) is 0 Å². The van der Waals surface area contributed by atoms with E-state index >= 15 is 0 Å². The van der Waals surface area contributed by atoms with Gasteiger partial charge in [0.1, 0.15) is 0 Å². The molecule has 0 aliphatic heterocycles. The number of nitrogens with zero attached hydrogens (tertiary/aromatic N) is 3. The van der Waals surface area contributed by atoms with Crippen molar-refractivity contribution in [2.24, 2.45) is 0 Å². The van der Waals surface area contributed by atoms with E-state index in [4.69, 9.17) is 4.52 Å². The van der Waals surface area contributed by atoms with Gasteiger partial charge in [0.2, 0.25) is 5.89 Å². The Balaban J connectivity index is 1.97. The van der Waals surface area contributed by atoms with Gasteiger partial charge in [0.25, 0.3) is 0 Å². The zero-order valence-electron chi connectivity index (χ0n) is 11.8. The van der Waals surface area contributed by atoms with Crippen LogP contribution in [-0.2, 0) is 16.4 Å². The molecule has 1 heterocycles. The summed E-state index contributed by atoms with van der Waals surface area (Å²) in [6.45, 7) is 4.12. The van der Waals surface area contributed by atoms with Crippen LogP contribution in [0.1, 0.15) is 44.3 Å². The summed E-state index contributed by atoms with van der Waals surface area (Å²) in [5, 5.41) is 3.52. The van der Waals surface area contributed by atoms with Crippen molar-refractivity contribution in [3.05, 3.63) is 11.7 Å². The minimum absolute atomic E-state index is 0.0992. The molecular weight excluding hydrogens is 266 g/mol. The third-order valence-electron chi connectivity index (χ3n) is 3.85. The lowest BCUT2D eigenvalue weighted by molar-refractivity contribution is 0.235. The molecule has 1 aromatic rings. The van der Waals surface area contributed by atoms with Crippen LogP contribution < -0.4 is 0 Å². The molecule has 108 valence electrons. The SMILES string of the molecule is C[C@@H]([C@H](C)S(C)(=O)=O)N(C)Cc1noc(C2CC2)n1. The van der Waals surface area contributed by atoms with Gasteiger partial charge >= 0.3 is 0 Å². The van der Waals surface area contributed by atoms with Crippen molar-refractivity contribution in [1.82, 2.24) is 15.0 Å². The highest BCUT2D eigenvalue weighted by Crippen LogP contribution is 2.38. The average molecular weight is 287 g/mol. The molecule has 0 bridgehead atoms. The van der Waals surface area contributed by atoms with Crippen LogP contribution in [0, 0.1) is 0 Å². The van der Waals surface area contributed by atoms with Crippen molar-refractivity contribution in [2.75, 3.05) is 13.3 Å². The Bertz CT molecular complexity index is 536. The van der Waals surface area contributed by atoms with E-state index in [2.05, 4.69) is 10.1 Å². The predicted molar refractivity (Wildman–Crippen MR) is 71.5 cm³/mol. The molecule has 0 saturated heterocycles. The summed E-state index contributed by atoms with van der Waals surface area (Å²) in [6, 6.07) is -0.0992. The van der Waals surface area contributed by atoms with Crippen LogP contribution in [0.4, 0.5) is 0 Å². The van der Waals surface area contributed by atoms with Crippen LogP contribution in [0.25, 0.3) is 0 Å². The lowest BCUT2D eigenvalue weighted by atomic mass is 10.2. The second-order valence-electron chi connectivity index (χ2n) is 5.51. The predicted octanol–water partition coefficient (Wildman–Crippen LogP) is 1.20. The van der Waals surface area contributed by atoms with Crippen LogP contribution in [0.5, 0.6) is 0 Å². The van der Waals surface area contributed by atoms with E-state index in [9.17, 15) is 8.42 Å². The highest BCUT2D eigenvalue weighted by Gasteiger charge is 2.30. The molecule has 1 aliphatic rings. The second kappa shape index (κ2) is 5.20. The molecule has 0 unspecified atom stereocenters. The van der Waals surface area contributed by atoms with Gasteiger partial charge in [-0.1, -0.05) is 5.16 Å². The van der Waals surface area contributed by atoms with Crippen molar-refractivity contribution in [2.45, 2.75) is 50.4 Å². The first kappa shape index (κ1) is 14.5. The molecule has 1 aliphatic carbocycles. The molecular formula is C12H21N3O3S. The van der Waals surface area contributed by atoms with Gasteiger partial charge in [0, 0.05) is 18.2 Å². The third kappa shape index (κ3) is 3.54. The largest absolute Gasteiger partial charge is 0.339 e. The smallest absolute Gasteiger partial charge is 0.229 e. The van der Waals surface area contributed by atoms with Crippen molar-refractivity contribution in [1.29, 1.82) is 0 Å². The topological polar surface area (TPSA) is 76.3 Å². The fourth-order valence-corrected chi connectivity index (χ4v) is 2.83. The maximum atomic E-state index is 11.6. The maximum Gasteiger partial charge on any atom is 0.229 e. The van der Waals surface area contributed by atoms with Crippen LogP contribution in [0.15, 0.2) is 4.52 Å². The summed E-state index contributed by atoms with van der Waals surface area (Å²) >= 11 is 0. The van der Waals surface area contributed by atoms with E-state index in [1.165, 1.54) is 6.26 Å². The van der Waals surface area contributed by atoms with Crippen molar-refractivity contribution < 1.29 is 12.9 Å². The van der Waals surface area contributed by atoms with E-state index in [-0.39, 0.29) is 6.04 Å². The van der Waals surface area contributed by atoms with Crippen molar-refractivity contribution in [3.8, 4) is 0 Å². The molecule has 1 fully saturated rings. The lowest BCUT2D eigenvalue weighted by Gasteiger charge is -2.27. The summed E-state index contributed by atoms with van der Waals surface area (Å²) < 4.78 is 28.3. The number of hydrogen-bond donors (Lipinski definition) is 0. The first-order valence-corrected chi connectivity index (χ1v) is 8.46. The standard InChI is InChI=1S/C12H21N3O3S/c1-8(9(2)19(4,16)17)15(3)7-11-13-12(18-14-11)10-5-6-10/h8-10H,5-7H2,1-4H3/t8-,9-/m0/s1. The number of rotatable bonds is 6. The molecule has 7 heteroatoms. The number of hydrogen-bond acceptors (Lipinski definition) is 6. The molecule has 0 amide bonds. The third-order valence-corrected chi connectivity index (χ3v) is 5.60. The Hall–Kier alpha value is -0.950. The van der Waals surface area contributed by atoms with E-state index < -0.39 is 15.1 Å². The second-order valence-corrected chi connectivity index (χ2v) is 7.92.